The number of rotatable bonds is 5. The molecular weight excluding hydrogens is 330 g/mol. The van der Waals surface area contributed by atoms with Crippen LogP contribution in [-0.4, -0.2) is 62.8 Å². The summed E-state index contributed by atoms with van der Waals surface area (Å²) >= 11 is 0. The Morgan fingerprint density at radius 3 is 2.73 bits per heavy atom. The van der Waals surface area contributed by atoms with Crippen LogP contribution in [0.15, 0.2) is 36.8 Å². The van der Waals surface area contributed by atoms with Gasteiger partial charge in [0.25, 0.3) is 0 Å². The lowest BCUT2D eigenvalue weighted by Crippen LogP contribution is -2.37. The molecule has 2 aliphatic rings. The number of carbonyl (C=O) groups excluding carboxylic acids is 1. The number of hydrogen-bond acceptors (Lipinski definition) is 5. The van der Waals surface area contributed by atoms with Crippen LogP contribution in [0.5, 0.6) is 0 Å². The molecule has 0 radical (unpaired) electrons. The largest absolute Gasteiger partial charge is 0.365 e. The Morgan fingerprint density at radius 2 is 1.92 bits per heavy atom. The van der Waals surface area contributed by atoms with E-state index < -0.39 is 0 Å². The van der Waals surface area contributed by atoms with Gasteiger partial charge in [-0.2, -0.15) is 5.10 Å². The molecule has 0 aliphatic carbocycles. The number of amides is 1. The fourth-order valence-corrected chi connectivity index (χ4v) is 3.71. The van der Waals surface area contributed by atoms with Crippen molar-refractivity contribution in [3.8, 4) is 0 Å². The van der Waals surface area contributed by atoms with Crippen LogP contribution >= 0.6 is 0 Å². The second-order valence-corrected chi connectivity index (χ2v) is 7.05. The molecule has 0 saturated carbocycles. The van der Waals surface area contributed by atoms with Crippen LogP contribution in [0.3, 0.4) is 0 Å². The molecule has 2 aromatic rings. The molecule has 0 unspecified atom stereocenters. The van der Waals surface area contributed by atoms with Gasteiger partial charge in [-0.3, -0.25) is 19.4 Å². The van der Waals surface area contributed by atoms with Gasteiger partial charge in [-0.15, -0.1) is 0 Å². The minimum atomic E-state index is -0.0514. The Kier molecular flexibility index (Phi) is 5.26. The van der Waals surface area contributed by atoms with E-state index in [4.69, 9.17) is 4.74 Å². The van der Waals surface area contributed by atoms with Crippen LogP contribution in [0.4, 0.5) is 0 Å². The summed E-state index contributed by atoms with van der Waals surface area (Å²) in [6.07, 6.45) is 7.62. The second kappa shape index (κ2) is 7.97. The van der Waals surface area contributed by atoms with E-state index in [9.17, 15) is 4.79 Å². The maximum absolute atomic E-state index is 12.3. The van der Waals surface area contributed by atoms with Crippen molar-refractivity contribution in [2.75, 3.05) is 26.2 Å². The van der Waals surface area contributed by atoms with Gasteiger partial charge in [0.2, 0.25) is 5.91 Å². The highest BCUT2D eigenvalue weighted by atomic mass is 16.5. The smallest absolute Gasteiger partial charge is 0.248 e. The van der Waals surface area contributed by atoms with Gasteiger partial charge in [0.15, 0.2) is 0 Å². The second-order valence-electron chi connectivity index (χ2n) is 7.05. The van der Waals surface area contributed by atoms with Crippen LogP contribution in [0.2, 0.25) is 0 Å². The number of hydrogen-bond donors (Lipinski definition) is 0. The highest BCUT2D eigenvalue weighted by Crippen LogP contribution is 2.17. The van der Waals surface area contributed by atoms with Gasteiger partial charge < -0.3 is 9.64 Å². The third-order valence-electron chi connectivity index (χ3n) is 5.09. The normalized spacial score (nSPS) is 20.8. The third-order valence-corrected chi connectivity index (χ3v) is 5.09. The molecule has 7 nitrogen and oxygen atoms in total. The lowest BCUT2D eigenvalue weighted by atomic mass is 10.2. The van der Waals surface area contributed by atoms with E-state index in [-0.39, 0.29) is 18.6 Å². The van der Waals surface area contributed by atoms with E-state index in [1.165, 1.54) is 11.3 Å². The van der Waals surface area contributed by atoms with E-state index in [2.05, 4.69) is 21.0 Å². The molecule has 0 bridgehead atoms. The molecule has 4 heterocycles. The molecule has 0 N–H and O–H groups in total. The summed E-state index contributed by atoms with van der Waals surface area (Å²) in [5, 5.41) is 4.42. The van der Waals surface area contributed by atoms with E-state index in [0.29, 0.717) is 6.54 Å². The Balaban J connectivity index is 1.41. The Bertz CT molecular complexity index is 727. The molecule has 1 amide bonds. The van der Waals surface area contributed by atoms with Crippen molar-refractivity contribution in [2.45, 2.75) is 38.6 Å². The van der Waals surface area contributed by atoms with Gasteiger partial charge in [0, 0.05) is 51.3 Å². The molecule has 4 rings (SSSR count). The van der Waals surface area contributed by atoms with E-state index in [0.717, 1.165) is 45.6 Å². The van der Waals surface area contributed by atoms with Crippen LogP contribution < -0.4 is 0 Å². The summed E-state index contributed by atoms with van der Waals surface area (Å²) in [4.78, 5) is 20.6. The molecular formula is C19H25N5O2. The average molecular weight is 355 g/mol. The minimum absolute atomic E-state index is 0.0514. The van der Waals surface area contributed by atoms with Crippen molar-refractivity contribution in [3.63, 3.8) is 0 Å². The highest BCUT2D eigenvalue weighted by Gasteiger charge is 2.25. The van der Waals surface area contributed by atoms with E-state index >= 15 is 0 Å². The zero-order chi connectivity index (χ0) is 17.8. The van der Waals surface area contributed by atoms with Crippen molar-refractivity contribution in [2.24, 2.45) is 0 Å². The summed E-state index contributed by atoms with van der Waals surface area (Å²) in [5.74, 6) is 0.105. The number of likely N-dealkylation sites (tertiary alicyclic amines) is 1. The number of ether oxygens (including phenoxy) is 1. The van der Waals surface area contributed by atoms with Gasteiger partial charge >= 0.3 is 0 Å². The molecule has 26 heavy (non-hydrogen) atoms. The van der Waals surface area contributed by atoms with Crippen LogP contribution in [0, 0.1) is 0 Å². The van der Waals surface area contributed by atoms with Gasteiger partial charge in [0.05, 0.1) is 18.3 Å². The quantitative estimate of drug-likeness (QED) is 0.809. The first-order valence-corrected chi connectivity index (χ1v) is 9.29. The van der Waals surface area contributed by atoms with Crippen molar-refractivity contribution in [1.29, 1.82) is 0 Å². The zero-order valence-electron chi connectivity index (χ0n) is 15.0. The van der Waals surface area contributed by atoms with E-state index in [1.54, 1.807) is 0 Å². The molecule has 0 spiro atoms. The monoisotopic (exact) mass is 355 g/mol. The maximum atomic E-state index is 12.3. The Morgan fingerprint density at radius 1 is 1.12 bits per heavy atom. The number of nitrogens with zero attached hydrogens (tertiary/aromatic N) is 5. The summed E-state index contributed by atoms with van der Waals surface area (Å²) in [7, 11) is 0. The summed E-state index contributed by atoms with van der Waals surface area (Å²) in [5.41, 5.74) is 2.40. The van der Waals surface area contributed by atoms with Gasteiger partial charge in [-0.05, 0) is 36.6 Å². The van der Waals surface area contributed by atoms with Gasteiger partial charge in [-0.25, -0.2) is 0 Å². The van der Waals surface area contributed by atoms with Gasteiger partial charge in [0.1, 0.15) is 6.61 Å². The van der Waals surface area contributed by atoms with Crippen LogP contribution in [-0.2, 0) is 29.2 Å². The lowest BCUT2D eigenvalue weighted by Gasteiger charge is -2.24. The number of aromatic nitrogens is 3. The van der Waals surface area contributed by atoms with Crippen molar-refractivity contribution in [1.82, 2.24) is 24.6 Å². The van der Waals surface area contributed by atoms with Gasteiger partial charge in [-0.1, -0.05) is 0 Å². The number of carbonyl (C=O) groups is 1. The van der Waals surface area contributed by atoms with Crippen LogP contribution in [0.1, 0.15) is 24.1 Å². The topological polar surface area (TPSA) is 63.5 Å². The van der Waals surface area contributed by atoms with Crippen molar-refractivity contribution < 1.29 is 9.53 Å². The predicted octanol–water partition coefficient (Wildman–Crippen LogP) is 1.30. The highest BCUT2D eigenvalue weighted by molar-refractivity contribution is 5.77. The van der Waals surface area contributed by atoms with E-state index in [1.807, 2.05) is 40.3 Å². The van der Waals surface area contributed by atoms with Crippen LogP contribution in [0.25, 0.3) is 0 Å². The maximum Gasteiger partial charge on any atom is 0.248 e. The fraction of sp³-hybridized carbons (Fsp3) is 0.526. The Labute approximate surface area is 153 Å². The van der Waals surface area contributed by atoms with Crippen molar-refractivity contribution in [3.05, 3.63) is 48.0 Å². The first-order valence-electron chi connectivity index (χ1n) is 9.29. The minimum Gasteiger partial charge on any atom is -0.365 e. The summed E-state index contributed by atoms with van der Waals surface area (Å²) in [6, 6.07) is 6.13. The molecule has 1 fully saturated rings. The number of fused-ring (bicyclic) bond motifs is 1. The molecule has 7 heteroatoms. The Hall–Kier alpha value is -2.25. The first-order chi connectivity index (χ1) is 12.8. The molecule has 138 valence electrons. The summed E-state index contributed by atoms with van der Waals surface area (Å²) < 4.78 is 8.02. The molecule has 2 aliphatic heterocycles. The lowest BCUT2D eigenvalue weighted by molar-refractivity contribution is -0.137. The number of pyridine rings is 1. The first kappa shape index (κ1) is 17.2. The molecule has 0 aromatic carbocycles. The zero-order valence-corrected chi connectivity index (χ0v) is 15.0. The fourth-order valence-electron chi connectivity index (χ4n) is 3.71. The average Bonchev–Trinajstić information content (AvgIpc) is 3.30. The standard InChI is InChI=1S/C19H25N5O2/c25-19(23-9-1-2-10-23)15-26-18-13-22(11-16-3-6-20-7-4-16)12-17-5-8-21-24(17)14-18/h3-8,18H,1-2,9-15H2/t18-/m0/s1. The molecule has 2 aromatic heterocycles. The predicted molar refractivity (Wildman–Crippen MR) is 96.1 cm³/mol. The van der Waals surface area contributed by atoms with Crippen molar-refractivity contribution >= 4 is 5.91 Å². The molecule has 1 saturated heterocycles. The third kappa shape index (κ3) is 4.11. The SMILES string of the molecule is O=C(CO[C@H]1CN(Cc2ccncc2)Cc2ccnn2C1)N1CCCC1. The summed E-state index contributed by atoms with van der Waals surface area (Å²) in [6.45, 7) is 5.00. The molecule has 1 atom stereocenters.